The summed E-state index contributed by atoms with van der Waals surface area (Å²) in [6.45, 7) is 2.07. The van der Waals surface area contributed by atoms with E-state index in [4.69, 9.17) is 25.8 Å². The Kier molecular flexibility index (Phi) is 7.11. The quantitative estimate of drug-likeness (QED) is 0.723. The van der Waals surface area contributed by atoms with Crippen LogP contribution in [0.15, 0.2) is 42.5 Å². The summed E-state index contributed by atoms with van der Waals surface area (Å²) >= 11 is 5.77. The predicted octanol–water partition coefficient (Wildman–Crippen LogP) is 2.59. The lowest BCUT2D eigenvalue weighted by Crippen LogP contribution is -2.43. The lowest BCUT2D eigenvalue weighted by molar-refractivity contribution is -0.123. The van der Waals surface area contributed by atoms with Crippen LogP contribution in [0.3, 0.4) is 0 Å². The van der Waals surface area contributed by atoms with E-state index >= 15 is 0 Å². The molecule has 2 aromatic rings. The summed E-state index contributed by atoms with van der Waals surface area (Å²) in [7, 11) is 1.48. The average Bonchev–Trinajstić information content (AvgIpc) is 2.66. The van der Waals surface area contributed by atoms with Crippen LogP contribution in [0.2, 0.25) is 5.02 Å². The molecule has 2 amide bonds. The van der Waals surface area contributed by atoms with E-state index in [1.54, 1.807) is 36.4 Å². The van der Waals surface area contributed by atoms with Crippen molar-refractivity contribution < 1.29 is 23.8 Å². The number of carbonyl (C=O) groups is 2. The molecule has 26 heavy (non-hydrogen) atoms. The average molecular weight is 379 g/mol. The minimum absolute atomic E-state index is 0.255. The van der Waals surface area contributed by atoms with E-state index in [2.05, 4.69) is 10.9 Å². The van der Waals surface area contributed by atoms with E-state index < -0.39 is 11.8 Å². The SMILES string of the molecule is CCOc1ccc(C(=O)NNC(=O)COc2ccc(Cl)cc2)cc1OC. The van der Waals surface area contributed by atoms with Crippen molar-refractivity contribution in [1.82, 2.24) is 10.9 Å². The van der Waals surface area contributed by atoms with Gasteiger partial charge in [0.2, 0.25) is 0 Å². The third kappa shape index (κ3) is 5.56. The number of hydrogen-bond acceptors (Lipinski definition) is 5. The van der Waals surface area contributed by atoms with E-state index in [9.17, 15) is 9.59 Å². The van der Waals surface area contributed by atoms with Gasteiger partial charge >= 0.3 is 0 Å². The molecule has 138 valence electrons. The molecule has 2 aromatic carbocycles. The van der Waals surface area contributed by atoms with Gasteiger partial charge in [-0.1, -0.05) is 11.6 Å². The number of methoxy groups -OCH3 is 1. The number of hydrogen-bond donors (Lipinski definition) is 2. The van der Waals surface area contributed by atoms with Gasteiger partial charge in [-0.3, -0.25) is 20.4 Å². The molecule has 8 heteroatoms. The first kappa shape index (κ1) is 19.4. The third-order valence-corrected chi connectivity index (χ3v) is 3.48. The zero-order valence-electron chi connectivity index (χ0n) is 14.4. The van der Waals surface area contributed by atoms with E-state index in [1.165, 1.54) is 13.2 Å². The lowest BCUT2D eigenvalue weighted by atomic mass is 10.2. The lowest BCUT2D eigenvalue weighted by Gasteiger charge is -2.12. The van der Waals surface area contributed by atoms with Gasteiger partial charge < -0.3 is 14.2 Å². The van der Waals surface area contributed by atoms with Gasteiger partial charge in [-0.05, 0) is 49.4 Å². The van der Waals surface area contributed by atoms with Crippen LogP contribution in [0, 0.1) is 0 Å². The van der Waals surface area contributed by atoms with Crippen molar-refractivity contribution >= 4 is 23.4 Å². The van der Waals surface area contributed by atoms with Gasteiger partial charge in [-0.2, -0.15) is 0 Å². The number of halogens is 1. The Bertz CT molecular complexity index is 765. The molecule has 0 aliphatic rings. The summed E-state index contributed by atoms with van der Waals surface area (Å²) in [5.74, 6) is 0.452. The number of nitrogens with one attached hydrogen (secondary N) is 2. The van der Waals surface area contributed by atoms with Crippen molar-refractivity contribution in [2.24, 2.45) is 0 Å². The van der Waals surface area contributed by atoms with Gasteiger partial charge in [0.15, 0.2) is 18.1 Å². The third-order valence-electron chi connectivity index (χ3n) is 3.22. The maximum atomic E-state index is 12.1. The molecule has 0 bridgehead atoms. The second-order valence-corrected chi connectivity index (χ2v) is 5.48. The van der Waals surface area contributed by atoms with Crippen molar-refractivity contribution in [3.63, 3.8) is 0 Å². The van der Waals surface area contributed by atoms with Crippen LogP contribution in [0.1, 0.15) is 17.3 Å². The summed E-state index contributed by atoms with van der Waals surface area (Å²) in [6, 6.07) is 11.3. The summed E-state index contributed by atoms with van der Waals surface area (Å²) in [5, 5.41) is 0.569. The fourth-order valence-corrected chi connectivity index (χ4v) is 2.12. The summed E-state index contributed by atoms with van der Waals surface area (Å²) in [5.41, 5.74) is 4.90. The molecule has 0 saturated carbocycles. The van der Waals surface area contributed by atoms with Crippen LogP contribution in [0.25, 0.3) is 0 Å². The smallest absolute Gasteiger partial charge is 0.276 e. The van der Waals surface area contributed by atoms with Gasteiger partial charge in [0.05, 0.1) is 13.7 Å². The molecular formula is C18H19ClN2O5. The number of benzene rings is 2. The number of amides is 2. The second kappa shape index (κ2) is 9.53. The van der Waals surface area contributed by atoms with Crippen molar-refractivity contribution in [2.75, 3.05) is 20.3 Å². The van der Waals surface area contributed by atoms with Crippen LogP contribution in [-0.4, -0.2) is 32.1 Å². The zero-order chi connectivity index (χ0) is 18.9. The van der Waals surface area contributed by atoms with Crippen LogP contribution >= 0.6 is 11.6 Å². The molecule has 2 rings (SSSR count). The van der Waals surface area contributed by atoms with Gasteiger partial charge in [-0.15, -0.1) is 0 Å². The van der Waals surface area contributed by atoms with Crippen molar-refractivity contribution in [3.8, 4) is 17.2 Å². The molecule has 0 fully saturated rings. The minimum Gasteiger partial charge on any atom is -0.493 e. The Morgan fingerprint density at radius 3 is 2.38 bits per heavy atom. The van der Waals surface area contributed by atoms with Crippen molar-refractivity contribution in [1.29, 1.82) is 0 Å². The molecule has 7 nitrogen and oxygen atoms in total. The molecule has 0 aliphatic heterocycles. The normalized spacial score (nSPS) is 9.96. The first-order valence-electron chi connectivity index (χ1n) is 7.82. The Labute approximate surface area is 156 Å². The monoisotopic (exact) mass is 378 g/mol. The van der Waals surface area contributed by atoms with E-state index in [0.717, 1.165) is 0 Å². The highest BCUT2D eigenvalue weighted by Crippen LogP contribution is 2.27. The van der Waals surface area contributed by atoms with Crippen molar-refractivity contribution in [3.05, 3.63) is 53.1 Å². The first-order chi connectivity index (χ1) is 12.5. The summed E-state index contributed by atoms with van der Waals surface area (Å²) in [6.07, 6.45) is 0. The first-order valence-corrected chi connectivity index (χ1v) is 8.19. The maximum absolute atomic E-state index is 12.1. The van der Waals surface area contributed by atoms with Gasteiger partial charge in [0.25, 0.3) is 11.8 Å². The maximum Gasteiger partial charge on any atom is 0.276 e. The molecular weight excluding hydrogens is 360 g/mol. The summed E-state index contributed by atoms with van der Waals surface area (Å²) in [4.78, 5) is 23.9. The van der Waals surface area contributed by atoms with Gasteiger partial charge in [0, 0.05) is 10.6 Å². The fourth-order valence-electron chi connectivity index (χ4n) is 2.00. The Morgan fingerprint density at radius 1 is 1.00 bits per heavy atom. The molecule has 0 heterocycles. The van der Waals surface area contributed by atoms with Gasteiger partial charge in [0.1, 0.15) is 5.75 Å². The zero-order valence-corrected chi connectivity index (χ0v) is 15.1. The number of rotatable bonds is 7. The highest BCUT2D eigenvalue weighted by Gasteiger charge is 2.12. The Balaban J connectivity index is 1.85. The van der Waals surface area contributed by atoms with E-state index in [0.29, 0.717) is 34.4 Å². The molecule has 0 saturated heterocycles. The molecule has 0 radical (unpaired) electrons. The fraction of sp³-hybridized carbons (Fsp3) is 0.222. The van der Waals surface area contributed by atoms with Crippen LogP contribution in [-0.2, 0) is 4.79 Å². The summed E-state index contributed by atoms with van der Waals surface area (Å²) < 4.78 is 15.9. The Hall–Kier alpha value is -2.93. The molecule has 2 N–H and O–H groups in total. The molecule has 0 aliphatic carbocycles. The topological polar surface area (TPSA) is 85.9 Å². The highest BCUT2D eigenvalue weighted by atomic mass is 35.5. The molecule has 0 aromatic heterocycles. The second-order valence-electron chi connectivity index (χ2n) is 5.04. The Morgan fingerprint density at radius 2 is 1.73 bits per heavy atom. The van der Waals surface area contributed by atoms with Crippen molar-refractivity contribution in [2.45, 2.75) is 6.92 Å². The van der Waals surface area contributed by atoms with Crippen LogP contribution in [0.5, 0.6) is 17.2 Å². The number of ether oxygens (including phenoxy) is 3. The number of carbonyl (C=O) groups excluding carboxylic acids is 2. The van der Waals surface area contributed by atoms with Crippen LogP contribution in [0.4, 0.5) is 0 Å². The van der Waals surface area contributed by atoms with E-state index in [1.807, 2.05) is 6.92 Å². The number of hydrazine groups is 1. The van der Waals surface area contributed by atoms with E-state index in [-0.39, 0.29) is 6.61 Å². The molecule has 0 unspecified atom stereocenters. The highest BCUT2D eigenvalue weighted by molar-refractivity contribution is 6.30. The predicted molar refractivity (Wildman–Crippen MR) is 96.7 cm³/mol. The van der Waals surface area contributed by atoms with Gasteiger partial charge in [-0.25, -0.2) is 0 Å². The molecule has 0 spiro atoms. The largest absolute Gasteiger partial charge is 0.493 e. The molecule has 0 atom stereocenters. The minimum atomic E-state index is -0.508. The standard InChI is InChI=1S/C18H19ClN2O5/c1-3-25-15-9-4-12(10-16(15)24-2)18(23)21-20-17(22)11-26-14-7-5-13(19)6-8-14/h4-10H,3,11H2,1-2H3,(H,20,22)(H,21,23). The van der Waals surface area contributed by atoms with Crippen LogP contribution < -0.4 is 25.1 Å².